The SMILES string of the molecule is CC(=O)N(CC(=O)NCCc1ccc(F)cc1)c1cccc(Cl)c1Cl. The summed E-state index contributed by atoms with van der Waals surface area (Å²) < 4.78 is 12.9. The van der Waals surface area contributed by atoms with Crippen molar-refractivity contribution in [2.24, 2.45) is 0 Å². The molecule has 2 aromatic carbocycles. The van der Waals surface area contributed by atoms with Gasteiger partial charge in [0.15, 0.2) is 0 Å². The molecule has 132 valence electrons. The highest BCUT2D eigenvalue weighted by Crippen LogP contribution is 2.32. The van der Waals surface area contributed by atoms with Crippen molar-refractivity contribution >= 4 is 40.7 Å². The van der Waals surface area contributed by atoms with Gasteiger partial charge in [-0.15, -0.1) is 0 Å². The summed E-state index contributed by atoms with van der Waals surface area (Å²) in [5.74, 6) is -0.950. The topological polar surface area (TPSA) is 49.4 Å². The molecule has 0 saturated carbocycles. The van der Waals surface area contributed by atoms with Gasteiger partial charge in [0.25, 0.3) is 0 Å². The van der Waals surface area contributed by atoms with Crippen LogP contribution in [-0.2, 0) is 16.0 Å². The molecule has 0 aromatic heterocycles. The molecule has 0 aliphatic rings. The van der Waals surface area contributed by atoms with Gasteiger partial charge in [0.1, 0.15) is 12.4 Å². The maximum atomic E-state index is 12.9. The molecular weight excluding hydrogens is 366 g/mol. The summed E-state index contributed by atoms with van der Waals surface area (Å²) in [6, 6.07) is 11.0. The third-order valence-electron chi connectivity index (χ3n) is 3.55. The zero-order valence-corrected chi connectivity index (χ0v) is 15.1. The molecule has 2 amide bonds. The maximum Gasteiger partial charge on any atom is 0.240 e. The van der Waals surface area contributed by atoms with Gasteiger partial charge < -0.3 is 10.2 Å². The van der Waals surface area contributed by atoms with Crippen LogP contribution in [0.3, 0.4) is 0 Å². The first kappa shape index (κ1) is 19.2. The third-order valence-corrected chi connectivity index (χ3v) is 4.36. The van der Waals surface area contributed by atoms with Gasteiger partial charge in [0, 0.05) is 13.5 Å². The molecular formula is C18H17Cl2FN2O2. The zero-order valence-electron chi connectivity index (χ0n) is 13.6. The standard InChI is InChI=1S/C18H17Cl2FN2O2/c1-12(24)23(16-4-2-3-15(19)18(16)20)11-17(25)22-10-9-13-5-7-14(21)8-6-13/h2-8H,9-11H2,1H3,(H,22,25). The molecule has 0 heterocycles. The highest BCUT2D eigenvalue weighted by atomic mass is 35.5. The van der Waals surface area contributed by atoms with Gasteiger partial charge in [-0.05, 0) is 36.2 Å². The van der Waals surface area contributed by atoms with Crippen molar-refractivity contribution in [2.45, 2.75) is 13.3 Å². The molecule has 25 heavy (non-hydrogen) atoms. The number of carbonyl (C=O) groups excluding carboxylic acids is 2. The summed E-state index contributed by atoms with van der Waals surface area (Å²) in [5, 5.41) is 3.26. The lowest BCUT2D eigenvalue weighted by Gasteiger charge is -2.22. The van der Waals surface area contributed by atoms with Crippen LogP contribution < -0.4 is 10.2 Å². The van der Waals surface area contributed by atoms with Gasteiger partial charge in [-0.3, -0.25) is 9.59 Å². The predicted octanol–water partition coefficient (Wildman–Crippen LogP) is 3.84. The van der Waals surface area contributed by atoms with E-state index < -0.39 is 0 Å². The fraction of sp³-hybridized carbons (Fsp3) is 0.222. The van der Waals surface area contributed by atoms with Crippen LogP contribution in [0.25, 0.3) is 0 Å². The van der Waals surface area contributed by atoms with E-state index in [0.29, 0.717) is 23.7 Å². The van der Waals surface area contributed by atoms with Crippen LogP contribution in [0.1, 0.15) is 12.5 Å². The molecule has 0 radical (unpaired) electrons. The van der Waals surface area contributed by atoms with Crippen molar-refractivity contribution in [3.8, 4) is 0 Å². The van der Waals surface area contributed by atoms with Crippen molar-refractivity contribution in [1.82, 2.24) is 5.32 Å². The molecule has 1 N–H and O–H groups in total. The van der Waals surface area contributed by atoms with Crippen molar-refractivity contribution in [1.29, 1.82) is 0 Å². The van der Waals surface area contributed by atoms with Gasteiger partial charge in [-0.2, -0.15) is 0 Å². The Morgan fingerprint density at radius 1 is 1.12 bits per heavy atom. The Kier molecular flexibility index (Phi) is 6.79. The van der Waals surface area contributed by atoms with Crippen LogP contribution in [-0.4, -0.2) is 24.9 Å². The molecule has 0 atom stereocenters. The average molecular weight is 383 g/mol. The van der Waals surface area contributed by atoms with E-state index >= 15 is 0 Å². The first-order chi connectivity index (χ1) is 11.9. The van der Waals surface area contributed by atoms with Gasteiger partial charge in [0.05, 0.1) is 15.7 Å². The molecule has 2 aromatic rings. The Bertz CT molecular complexity index is 766. The van der Waals surface area contributed by atoms with Crippen LogP contribution in [0.15, 0.2) is 42.5 Å². The highest BCUT2D eigenvalue weighted by Gasteiger charge is 2.19. The van der Waals surface area contributed by atoms with Crippen molar-refractivity contribution in [3.05, 3.63) is 63.9 Å². The van der Waals surface area contributed by atoms with E-state index in [-0.39, 0.29) is 29.2 Å². The van der Waals surface area contributed by atoms with Gasteiger partial charge in [-0.1, -0.05) is 41.4 Å². The monoisotopic (exact) mass is 382 g/mol. The fourth-order valence-corrected chi connectivity index (χ4v) is 2.66. The van der Waals surface area contributed by atoms with Crippen LogP contribution in [0.5, 0.6) is 0 Å². The summed E-state index contributed by atoms with van der Waals surface area (Å²) >= 11 is 12.1. The van der Waals surface area contributed by atoms with Gasteiger partial charge >= 0.3 is 0 Å². The molecule has 0 spiro atoms. The number of halogens is 3. The quantitative estimate of drug-likeness (QED) is 0.824. The molecule has 2 rings (SSSR count). The van der Waals surface area contributed by atoms with E-state index in [1.807, 2.05) is 0 Å². The number of nitrogens with zero attached hydrogens (tertiary/aromatic N) is 1. The number of hydrogen-bond donors (Lipinski definition) is 1. The highest BCUT2D eigenvalue weighted by molar-refractivity contribution is 6.44. The second-order valence-corrected chi connectivity index (χ2v) is 6.19. The number of anilines is 1. The van der Waals surface area contributed by atoms with E-state index in [1.54, 1.807) is 30.3 Å². The summed E-state index contributed by atoms with van der Waals surface area (Å²) in [6.45, 7) is 1.56. The van der Waals surface area contributed by atoms with Gasteiger partial charge in [-0.25, -0.2) is 4.39 Å². The van der Waals surface area contributed by atoms with Crippen LogP contribution >= 0.6 is 23.2 Å². The Labute approximate surface area is 155 Å². The lowest BCUT2D eigenvalue weighted by Crippen LogP contribution is -2.40. The Balaban J connectivity index is 1.95. The molecule has 0 bridgehead atoms. The van der Waals surface area contributed by atoms with Crippen LogP contribution in [0.2, 0.25) is 10.0 Å². The molecule has 7 heteroatoms. The normalized spacial score (nSPS) is 10.4. The Morgan fingerprint density at radius 2 is 1.80 bits per heavy atom. The minimum Gasteiger partial charge on any atom is -0.354 e. The second-order valence-electron chi connectivity index (χ2n) is 5.40. The second kappa shape index (κ2) is 8.83. The van der Waals surface area contributed by atoms with E-state index in [0.717, 1.165) is 5.56 Å². The number of benzene rings is 2. The minimum absolute atomic E-state index is 0.168. The van der Waals surface area contributed by atoms with Crippen molar-refractivity contribution in [3.63, 3.8) is 0 Å². The van der Waals surface area contributed by atoms with Crippen molar-refractivity contribution < 1.29 is 14.0 Å². The first-order valence-electron chi connectivity index (χ1n) is 7.61. The summed E-state index contributed by atoms with van der Waals surface area (Å²) in [6.07, 6.45) is 0.560. The summed E-state index contributed by atoms with van der Waals surface area (Å²) in [5.41, 5.74) is 1.29. The van der Waals surface area contributed by atoms with E-state index in [1.165, 1.54) is 24.0 Å². The molecule has 0 aliphatic carbocycles. The number of hydrogen-bond acceptors (Lipinski definition) is 2. The van der Waals surface area contributed by atoms with E-state index in [2.05, 4.69) is 5.32 Å². The van der Waals surface area contributed by atoms with E-state index in [9.17, 15) is 14.0 Å². The molecule has 4 nitrogen and oxygen atoms in total. The zero-order chi connectivity index (χ0) is 18.4. The number of nitrogens with one attached hydrogen (secondary N) is 1. The largest absolute Gasteiger partial charge is 0.354 e. The molecule has 0 saturated heterocycles. The van der Waals surface area contributed by atoms with Crippen LogP contribution in [0, 0.1) is 5.82 Å². The Morgan fingerprint density at radius 3 is 2.44 bits per heavy atom. The average Bonchev–Trinajstić information content (AvgIpc) is 2.57. The van der Waals surface area contributed by atoms with Gasteiger partial charge in [0.2, 0.25) is 11.8 Å². The fourth-order valence-electron chi connectivity index (χ4n) is 2.26. The van der Waals surface area contributed by atoms with Crippen LogP contribution in [0.4, 0.5) is 10.1 Å². The smallest absolute Gasteiger partial charge is 0.240 e. The number of carbonyl (C=O) groups is 2. The first-order valence-corrected chi connectivity index (χ1v) is 8.37. The molecule has 0 fully saturated rings. The summed E-state index contributed by atoms with van der Waals surface area (Å²) in [4.78, 5) is 25.3. The molecule has 0 aliphatic heterocycles. The lowest BCUT2D eigenvalue weighted by atomic mass is 10.1. The van der Waals surface area contributed by atoms with Crippen molar-refractivity contribution in [2.75, 3.05) is 18.0 Å². The number of amides is 2. The molecule has 0 unspecified atom stereocenters. The predicted molar refractivity (Wildman–Crippen MR) is 97.6 cm³/mol. The maximum absolute atomic E-state index is 12.9. The number of rotatable bonds is 6. The minimum atomic E-state index is -0.326. The Hall–Kier alpha value is -2.11. The van der Waals surface area contributed by atoms with E-state index in [4.69, 9.17) is 23.2 Å². The summed E-state index contributed by atoms with van der Waals surface area (Å²) in [7, 11) is 0. The third kappa shape index (κ3) is 5.44. The lowest BCUT2D eigenvalue weighted by molar-refractivity contribution is -0.123.